The normalized spacial score (nSPS) is 36.1. The molecular formula is C16H23N. The van der Waals surface area contributed by atoms with E-state index in [0.717, 1.165) is 30.3 Å². The molecule has 1 heteroatoms. The second-order valence-electron chi connectivity index (χ2n) is 5.74. The molecule has 1 aromatic rings. The van der Waals surface area contributed by atoms with Crippen LogP contribution in [0.4, 0.5) is 0 Å². The highest BCUT2D eigenvalue weighted by Crippen LogP contribution is 2.55. The summed E-state index contributed by atoms with van der Waals surface area (Å²) in [5.41, 5.74) is 1.57. The average Bonchev–Trinajstić information content (AvgIpc) is 3.04. The predicted molar refractivity (Wildman–Crippen MR) is 72.1 cm³/mol. The second kappa shape index (κ2) is 4.81. The Bertz CT molecular complexity index is 359. The molecule has 0 spiro atoms. The maximum atomic E-state index is 3.61. The zero-order valence-corrected chi connectivity index (χ0v) is 10.7. The minimum Gasteiger partial charge on any atom is -0.314 e. The average molecular weight is 229 g/mol. The van der Waals surface area contributed by atoms with Gasteiger partial charge in [-0.05, 0) is 55.5 Å². The molecule has 0 heterocycles. The second-order valence-corrected chi connectivity index (χ2v) is 5.74. The highest BCUT2D eigenvalue weighted by molar-refractivity contribution is 5.26. The van der Waals surface area contributed by atoms with Gasteiger partial charge < -0.3 is 5.32 Å². The number of rotatable bonds is 4. The van der Waals surface area contributed by atoms with E-state index >= 15 is 0 Å². The summed E-state index contributed by atoms with van der Waals surface area (Å²) >= 11 is 0. The zero-order chi connectivity index (χ0) is 11.7. The molecule has 0 bridgehead atoms. The van der Waals surface area contributed by atoms with Crippen molar-refractivity contribution >= 4 is 0 Å². The van der Waals surface area contributed by atoms with Crippen LogP contribution >= 0.6 is 0 Å². The van der Waals surface area contributed by atoms with Gasteiger partial charge in [0.05, 0.1) is 0 Å². The molecule has 4 atom stereocenters. The number of nitrogens with one attached hydrogen (secondary N) is 1. The molecule has 2 aliphatic carbocycles. The van der Waals surface area contributed by atoms with Crippen molar-refractivity contribution in [1.29, 1.82) is 0 Å². The highest BCUT2D eigenvalue weighted by atomic mass is 14.9. The van der Waals surface area contributed by atoms with Crippen LogP contribution in [0.25, 0.3) is 0 Å². The Balaban J connectivity index is 1.56. The van der Waals surface area contributed by atoms with E-state index in [-0.39, 0.29) is 0 Å². The third kappa shape index (κ3) is 2.40. The first-order valence-electron chi connectivity index (χ1n) is 7.16. The van der Waals surface area contributed by atoms with Gasteiger partial charge in [0.2, 0.25) is 0 Å². The van der Waals surface area contributed by atoms with Crippen molar-refractivity contribution in [3.63, 3.8) is 0 Å². The molecule has 1 aromatic carbocycles. The number of benzene rings is 1. The lowest BCUT2D eigenvalue weighted by Crippen LogP contribution is -2.25. The van der Waals surface area contributed by atoms with E-state index in [1.165, 1.54) is 25.7 Å². The fourth-order valence-corrected chi connectivity index (χ4v) is 3.70. The van der Waals surface area contributed by atoms with Crippen LogP contribution in [-0.4, -0.2) is 12.6 Å². The van der Waals surface area contributed by atoms with Crippen LogP contribution in [0.2, 0.25) is 0 Å². The SMILES string of the molecule is CCNC1CCC(C2CC2c2ccccc2)C1. The summed E-state index contributed by atoms with van der Waals surface area (Å²) in [4.78, 5) is 0. The Labute approximate surface area is 105 Å². The molecule has 2 fully saturated rings. The fraction of sp³-hybridized carbons (Fsp3) is 0.625. The van der Waals surface area contributed by atoms with Gasteiger partial charge in [0.1, 0.15) is 0 Å². The lowest BCUT2D eigenvalue weighted by molar-refractivity contribution is 0.444. The van der Waals surface area contributed by atoms with E-state index in [9.17, 15) is 0 Å². The van der Waals surface area contributed by atoms with Gasteiger partial charge >= 0.3 is 0 Å². The van der Waals surface area contributed by atoms with Crippen LogP contribution in [0.3, 0.4) is 0 Å². The Hall–Kier alpha value is -0.820. The fourth-order valence-electron chi connectivity index (χ4n) is 3.70. The largest absolute Gasteiger partial charge is 0.314 e. The summed E-state index contributed by atoms with van der Waals surface area (Å²) < 4.78 is 0. The molecule has 1 nitrogen and oxygen atoms in total. The quantitative estimate of drug-likeness (QED) is 0.832. The molecule has 17 heavy (non-hydrogen) atoms. The monoisotopic (exact) mass is 229 g/mol. The molecule has 0 radical (unpaired) electrons. The lowest BCUT2D eigenvalue weighted by Gasteiger charge is -2.11. The van der Waals surface area contributed by atoms with Crippen molar-refractivity contribution in [2.45, 2.75) is 44.6 Å². The van der Waals surface area contributed by atoms with Crippen molar-refractivity contribution in [1.82, 2.24) is 5.32 Å². The lowest BCUT2D eigenvalue weighted by atomic mass is 9.97. The van der Waals surface area contributed by atoms with Crippen LogP contribution < -0.4 is 5.32 Å². The molecule has 1 N–H and O–H groups in total. The molecular weight excluding hydrogens is 206 g/mol. The molecule has 0 aromatic heterocycles. The van der Waals surface area contributed by atoms with E-state index in [4.69, 9.17) is 0 Å². The van der Waals surface area contributed by atoms with Crippen LogP contribution in [0.1, 0.15) is 44.1 Å². The molecule has 0 saturated heterocycles. The molecule has 92 valence electrons. The van der Waals surface area contributed by atoms with Crippen LogP contribution in [-0.2, 0) is 0 Å². The van der Waals surface area contributed by atoms with Crippen molar-refractivity contribution in [3.05, 3.63) is 35.9 Å². The minimum atomic E-state index is 0.807. The minimum absolute atomic E-state index is 0.807. The van der Waals surface area contributed by atoms with Gasteiger partial charge in [0, 0.05) is 6.04 Å². The number of hydrogen-bond acceptors (Lipinski definition) is 1. The molecule has 0 amide bonds. The van der Waals surface area contributed by atoms with Gasteiger partial charge in [-0.1, -0.05) is 37.3 Å². The smallest absolute Gasteiger partial charge is 0.00697 e. The molecule has 0 aliphatic heterocycles. The molecule has 2 aliphatic rings. The Morgan fingerprint density at radius 1 is 1.12 bits per heavy atom. The maximum absolute atomic E-state index is 3.61. The summed E-state index contributed by atoms with van der Waals surface area (Å²) in [6.07, 6.45) is 5.71. The summed E-state index contributed by atoms with van der Waals surface area (Å²) in [6, 6.07) is 11.9. The summed E-state index contributed by atoms with van der Waals surface area (Å²) in [7, 11) is 0. The van der Waals surface area contributed by atoms with E-state index < -0.39 is 0 Å². The maximum Gasteiger partial charge on any atom is 0.00697 e. The third-order valence-electron chi connectivity index (χ3n) is 4.64. The van der Waals surface area contributed by atoms with E-state index in [2.05, 4.69) is 42.6 Å². The van der Waals surface area contributed by atoms with Gasteiger partial charge in [0.25, 0.3) is 0 Å². The summed E-state index contributed by atoms with van der Waals surface area (Å²) in [6.45, 7) is 3.35. The summed E-state index contributed by atoms with van der Waals surface area (Å²) in [5, 5.41) is 3.61. The van der Waals surface area contributed by atoms with Gasteiger partial charge in [-0.15, -0.1) is 0 Å². The highest BCUT2D eigenvalue weighted by Gasteiger charge is 2.45. The first-order valence-corrected chi connectivity index (χ1v) is 7.16. The first-order chi connectivity index (χ1) is 8.38. The standard InChI is InChI=1S/C16H23N/c1-2-17-14-9-8-13(10-14)16-11-15(16)12-6-4-3-5-7-12/h3-7,13-17H,2,8-11H2,1H3. The van der Waals surface area contributed by atoms with E-state index in [0.29, 0.717) is 0 Å². The number of hydrogen-bond donors (Lipinski definition) is 1. The zero-order valence-electron chi connectivity index (χ0n) is 10.7. The molecule has 4 unspecified atom stereocenters. The first kappa shape index (κ1) is 11.3. The Morgan fingerprint density at radius 2 is 1.94 bits per heavy atom. The molecule has 2 saturated carbocycles. The van der Waals surface area contributed by atoms with Gasteiger partial charge in [-0.2, -0.15) is 0 Å². The van der Waals surface area contributed by atoms with E-state index in [1.807, 2.05) is 0 Å². The van der Waals surface area contributed by atoms with Crippen LogP contribution in [0.5, 0.6) is 0 Å². The third-order valence-corrected chi connectivity index (χ3v) is 4.64. The predicted octanol–water partition coefficient (Wildman–Crippen LogP) is 3.57. The van der Waals surface area contributed by atoms with Crippen LogP contribution in [0, 0.1) is 11.8 Å². The van der Waals surface area contributed by atoms with Gasteiger partial charge in [-0.25, -0.2) is 0 Å². The van der Waals surface area contributed by atoms with Crippen LogP contribution in [0.15, 0.2) is 30.3 Å². The van der Waals surface area contributed by atoms with Gasteiger partial charge in [-0.3, -0.25) is 0 Å². The van der Waals surface area contributed by atoms with Crippen molar-refractivity contribution in [3.8, 4) is 0 Å². The van der Waals surface area contributed by atoms with E-state index in [1.54, 1.807) is 5.56 Å². The van der Waals surface area contributed by atoms with Gasteiger partial charge in [0.15, 0.2) is 0 Å². The van der Waals surface area contributed by atoms with Crippen molar-refractivity contribution in [2.75, 3.05) is 6.54 Å². The summed E-state index contributed by atoms with van der Waals surface area (Å²) in [5.74, 6) is 2.85. The van der Waals surface area contributed by atoms with Crippen molar-refractivity contribution < 1.29 is 0 Å². The van der Waals surface area contributed by atoms with Crippen molar-refractivity contribution in [2.24, 2.45) is 11.8 Å². The molecule has 3 rings (SSSR count). The Kier molecular flexibility index (Phi) is 3.19. The topological polar surface area (TPSA) is 12.0 Å². The Morgan fingerprint density at radius 3 is 2.71 bits per heavy atom.